The Bertz CT molecular complexity index is 720. The summed E-state index contributed by atoms with van der Waals surface area (Å²) in [6.07, 6.45) is 5.96. The van der Waals surface area contributed by atoms with Crippen LogP contribution in [0, 0.1) is 11.3 Å². The number of nitriles is 1. The quantitative estimate of drug-likeness (QED) is 0.842. The second-order valence-electron chi connectivity index (χ2n) is 5.35. The van der Waals surface area contributed by atoms with Crippen molar-refractivity contribution in [2.75, 3.05) is 24.6 Å². The van der Waals surface area contributed by atoms with Crippen molar-refractivity contribution < 1.29 is 9.15 Å². The maximum absolute atomic E-state index is 9.22. The number of aromatic nitrogens is 1. The van der Waals surface area contributed by atoms with E-state index in [4.69, 9.17) is 9.15 Å². The highest BCUT2D eigenvalue weighted by Gasteiger charge is 2.21. The Hall–Kier alpha value is -2.74. The van der Waals surface area contributed by atoms with Crippen LogP contribution in [0.3, 0.4) is 0 Å². The van der Waals surface area contributed by atoms with Crippen LogP contribution in [-0.4, -0.2) is 24.7 Å². The van der Waals surface area contributed by atoms with Gasteiger partial charge in [0, 0.05) is 19.2 Å². The van der Waals surface area contributed by atoms with Gasteiger partial charge in [0.1, 0.15) is 11.8 Å². The molecule has 0 unspecified atom stereocenters. The lowest BCUT2D eigenvalue weighted by atomic mass is 10.2. The number of ether oxygens (including phenoxy) is 1. The fraction of sp³-hybridized carbons (Fsp3) is 0.333. The first-order valence-corrected chi connectivity index (χ1v) is 7.87. The largest absolute Gasteiger partial charge is 0.494 e. The number of rotatable bonds is 5. The normalized spacial score (nSPS) is 14.3. The highest BCUT2D eigenvalue weighted by atomic mass is 16.5. The second-order valence-corrected chi connectivity index (χ2v) is 5.35. The summed E-state index contributed by atoms with van der Waals surface area (Å²) in [4.78, 5) is 6.34. The summed E-state index contributed by atoms with van der Waals surface area (Å²) in [5, 5.41) is 9.22. The molecule has 1 saturated heterocycles. The molecule has 0 bridgehead atoms. The zero-order valence-corrected chi connectivity index (χ0v) is 13.2. The number of benzene rings is 1. The zero-order chi connectivity index (χ0) is 16.1. The Morgan fingerprint density at radius 1 is 1.26 bits per heavy atom. The second kappa shape index (κ2) is 7.01. The minimum atomic E-state index is 0.359. The SMILES string of the molecule is CCOc1ccc(C=Cc2nc(C#N)c(N3CCCC3)o2)cc1. The molecular formula is C18H19N3O2. The molecule has 0 saturated carbocycles. The van der Waals surface area contributed by atoms with Gasteiger partial charge in [-0.05, 0) is 43.5 Å². The molecule has 0 N–H and O–H groups in total. The summed E-state index contributed by atoms with van der Waals surface area (Å²) >= 11 is 0. The summed E-state index contributed by atoms with van der Waals surface area (Å²) < 4.78 is 11.2. The van der Waals surface area contributed by atoms with Gasteiger partial charge in [-0.1, -0.05) is 12.1 Å². The highest BCUT2D eigenvalue weighted by molar-refractivity contribution is 5.67. The molecule has 2 aromatic rings. The van der Waals surface area contributed by atoms with Gasteiger partial charge in [-0.25, -0.2) is 0 Å². The van der Waals surface area contributed by atoms with Crippen molar-refractivity contribution in [3.63, 3.8) is 0 Å². The Morgan fingerprint density at radius 2 is 2.00 bits per heavy atom. The Morgan fingerprint density at radius 3 is 2.65 bits per heavy atom. The third kappa shape index (κ3) is 3.54. The Kier molecular flexibility index (Phi) is 4.62. The number of oxazole rings is 1. The van der Waals surface area contributed by atoms with E-state index in [0.717, 1.165) is 37.2 Å². The molecule has 118 valence electrons. The van der Waals surface area contributed by atoms with E-state index in [1.165, 1.54) is 0 Å². The van der Waals surface area contributed by atoms with Crippen molar-refractivity contribution in [1.29, 1.82) is 5.26 Å². The van der Waals surface area contributed by atoms with E-state index in [9.17, 15) is 5.26 Å². The smallest absolute Gasteiger partial charge is 0.235 e. The van der Waals surface area contributed by atoms with Gasteiger partial charge in [-0.2, -0.15) is 10.2 Å². The number of nitrogens with zero attached hydrogens (tertiary/aromatic N) is 3. The van der Waals surface area contributed by atoms with E-state index in [-0.39, 0.29) is 0 Å². The van der Waals surface area contributed by atoms with Crippen LogP contribution >= 0.6 is 0 Å². The minimum absolute atomic E-state index is 0.359. The van der Waals surface area contributed by atoms with Crippen LogP contribution < -0.4 is 9.64 Å². The molecule has 1 aliphatic heterocycles. The van der Waals surface area contributed by atoms with Gasteiger partial charge in [-0.15, -0.1) is 0 Å². The number of hydrogen-bond acceptors (Lipinski definition) is 5. The third-order valence-electron chi connectivity index (χ3n) is 3.73. The molecule has 1 aromatic carbocycles. The van der Waals surface area contributed by atoms with Crippen LogP contribution in [0.1, 0.15) is 36.9 Å². The van der Waals surface area contributed by atoms with Crippen LogP contribution in [0.25, 0.3) is 12.2 Å². The van der Waals surface area contributed by atoms with Crippen molar-refractivity contribution in [3.8, 4) is 11.8 Å². The molecular weight excluding hydrogens is 290 g/mol. The van der Waals surface area contributed by atoms with E-state index in [1.54, 1.807) is 6.08 Å². The van der Waals surface area contributed by atoms with Gasteiger partial charge in [0.25, 0.3) is 0 Å². The molecule has 5 nitrogen and oxygen atoms in total. The first kappa shape index (κ1) is 15.2. The molecule has 0 amide bonds. The van der Waals surface area contributed by atoms with Crippen molar-refractivity contribution in [3.05, 3.63) is 41.4 Å². The van der Waals surface area contributed by atoms with E-state index < -0.39 is 0 Å². The monoisotopic (exact) mass is 309 g/mol. The summed E-state index contributed by atoms with van der Waals surface area (Å²) in [6.45, 7) is 4.46. The predicted molar refractivity (Wildman–Crippen MR) is 89.2 cm³/mol. The summed E-state index contributed by atoms with van der Waals surface area (Å²) in [6, 6.07) is 9.91. The average Bonchev–Trinajstić information content (AvgIpc) is 3.23. The van der Waals surface area contributed by atoms with Gasteiger partial charge in [-0.3, -0.25) is 0 Å². The van der Waals surface area contributed by atoms with Crippen LogP contribution in [0.2, 0.25) is 0 Å². The molecule has 5 heteroatoms. The van der Waals surface area contributed by atoms with Gasteiger partial charge >= 0.3 is 0 Å². The van der Waals surface area contributed by atoms with E-state index in [2.05, 4.69) is 16.0 Å². The first-order valence-electron chi connectivity index (χ1n) is 7.87. The van der Waals surface area contributed by atoms with Crippen LogP contribution in [0.15, 0.2) is 28.7 Å². The maximum Gasteiger partial charge on any atom is 0.235 e. The van der Waals surface area contributed by atoms with Crippen LogP contribution in [0.5, 0.6) is 5.75 Å². The summed E-state index contributed by atoms with van der Waals surface area (Å²) in [5.41, 5.74) is 1.38. The third-order valence-corrected chi connectivity index (χ3v) is 3.73. The van der Waals surface area contributed by atoms with Crippen molar-refractivity contribution in [1.82, 2.24) is 4.98 Å². The molecule has 0 atom stereocenters. The van der Waals surface area contributed by atoms with Gasteiger partial charge in [0.05, 0.1) is 6.61 Å². The molecule has 1 aromatic heterocycles. The number of hydrogen-bond donors (Lipinski definition) is 0. The van der Waals surface area contributed by atoms with Crippen LogP contribution in [-0.2, 0) is 0 Å². The van der Waals surface area contributed by atoms with Gasteiger partial charge < -0.3 is 14.1 Å². The highest BCUT2D eigenvalue weighted by Crippen LogP contribution is 2.26. The summed E-state index contributed by atoms with van der Waals surface area (Å²) in [7, 11) is 0. The molecule has 0 aliphatic carbocycles. The standard InChI is InChI=1S/C18H19N3O2/c1-2-22-15-8-5-14(6-9-15)7-10-17-20-16(13-19)18(23-17)21-11-3-4-12-21/h5-10H,2-4,11-12H2,1H3. The lowest BCUT2D eigenvalue weighted by molar-refractivity contribution is 0.340. The topological polar surface area (TPSA) is 62.3 Å². The van der Waals surface area contributed by atoms with Gasteiger partial charge in [0.15, 0.2) is 0 Å². The zero-order valence-electron chi connectivity index (χ0n) is 13.2. The molecule has 0 radical (unpaired) electrons. The maximum atomic E-state index is 9.22. The lowest BCUT2D eigenvalue weighted by Crippen LogP contribution is -2.17. The van der Waals surface area contributed by atoms with Crippen molar-refractivity contribution >= 4 is 18.0 Å². The fourth-order valence-electron chi connectivity index (χ4n) is 2.62. The van der Waals surface area contributed by atoms with Crippen LogP contribution in [0.4, 0.5) is 5.88 Å². The average molecular weight is 309 g/mol. The van der Waals surface area contributed by atoms with E-state index in [0.29, 0.717) is 24.1 Å². The lowest BCUT2D eigenvalue weighted by Gasteiger charge is -2.12. The number of anilines is 1. The molecule has 1 fully saturated rings. The first-order chi connectivity index (χ1) is 11.3. The van der Waals surface area contributed by atoms with E-state index in [1.807, 2.05) is 37.3 Å². The van der Waals surface area contributed by atoms with Crippen molar-refractivity contribution in [2.24, 2.45) is 0 Å². The van der Waals surface area contributed by atoms with Crippen molar-refractivity contribution in [2.45, 2.75) is 19.8 Å². The minimum Gasteiger partial charge on any atom is -0.494 e. The molecule has 0 spiro atoms. The Labute approximate surface area is 135 Å². The van der Waals surface area contributed by atoms with E-state index >= 15 is 0 Å². The molecule has 23 heavy (non-hydrogen) atoms. The molecule has 3 rings (SSSR count). The van der Waals surface area contributed by atoms with Gasteiger partial charge in [0.2, 0.25) is 17.5 Å². The molecule has 1 aliphatic rings. The summed E-state index contributed by atoms with van der Waals surface area (Å²) in [5.74, 6) is 1.90. The predicted octanol–water partition coefficient (Wildman–Crippen LogP) is 3.72. The fourth-order valence-corrected chi connectivity index (χ4v) is 2.62. The Balaban J connectivity index is 1.75. The molecule has 2 heterocycles.